The Hall–Kier alpha value is -2.66. The Morgan fingerprint density at radius 3 is 2.79 bits per heavy atom. The Morgan fingerprint density at radius 1 is 1.25 bits per heavy atom. The van der Waals surface area contributed by atoms with Crippen molar-refractivity contribution in [2.45, 2.75) is 6.92 Å². The number of aliphatic hydroxyl groups is 1. The Bertz CT molecular complexity index is 881. The number of fused-ring (bicyclic) bond motifs is 1. The molecule has 3 aromatic rings. The molecule has 2 N–H and O–H groups in total. The first-order valence-corrected chi connectivity index (χ1v) is 7.72. The molecule has 0 bridgehead atoms. The summed E-state index contributed by atoms with van der Waals surface area (Å²) in [4.78, 5) is 4.46. The van der Waals surface area contributed by atoms with Crippen molar-refractivity contribution in [1.29, 1.82) is 0 Å². The number of aliphatic hydroxyl groups excluding tert-OH is 1. The van der Waals surface area contributed by atoms with Gasteiger partial charge in [0.05, 0.1) is 13.7 Å². The SMILES string of the molecule is COc1ccc(-c2cnc(NCCO)c3cccc(C)c23)cc1F. The summed E-state index contributed by atoms with van der Waals surface area (Å²) in [6.07, 6.45) is 1.73. The molecule has 0 aliphatic rings. The smallest absolute Gasteiger partial charge is 0.165 e. The number of nitrogens with one attached hydrogen (secondary N) is 1. The zero-order chi connectivity index (χ0) is 17.1. The molecule has 0 radical (unpaired) electrons. The predicted octanol–water partition coefficient (Wildman–Crippen LogP) is 3.76. The fourth-order valence-electron chi connectivity index (χ4n) is 2.85. The molecule has 0 saturated heterocycles. The lowest BCUT2D eigenvalue weighted by atomic mass is 9.96. The van der Waals surface area contributed by atoms with Gasteiger partial charge in [0.1, 0.15) is 5.82 Å². The van der Waals surface area contributed by atoms with Gasteiger partial charge in [0, 0.05) is 23.7 Å². The molecule has 0 aliphatic carbocycles. The average Bonchev–Trinajstić information content (AvgIpc) is 2.60. The highest BCUT2D eigenvalue weighted by Gasteiger charge is 2.13. The molecular weight excluding hydrogens is 307 g/mol. The maximum absolute atomic E-state index is 14.1. The summed E-state index contributed by atoms with van der Waals surface area (Å²) < 4.78 is 19.1. The fourth-order valence-corrected chi connectivity index (χ4v) is 2.85. The first kappa shape index (κ1) is 16.2. The van der Waals surface area contributed by atoms with Crippen LogP contribution in [0.2, 0.25) is 0 Å². The van der Waals surface area contributed by atoms with E-state index >= 15 is 0 Å². The van der Waals surface area contributed by atoms with E-state index < -0.39 is 5.82 Å². The quantitative estimate of drug-likeness (QED) is 0.749. The van der Waals surface area contributed by atoms with Crippen LogP contribution in [0.3, 0.4) is 0 Å². The average molecular weight is 326 g/mol. The fraction of sp³-hybridized carbons (Fsp3) is 0.211. The third-order valence-corrected chi connectivity index (χ3v) is 3.99. The minimum atomic E-state index is -0.404. The summed E-state index contributed by atoms with van der Waals surface area (Å²) >= 11 is 0. The number of rotatable bonds is 5. The maximum Gasteiger partial charge on any atom is 0.165 e. The van der Waals surface area contributed by atoms with Crippen LogP contribution in [0, 0.1) is 12.7 Å². The van der Waals surface area contributed by atoms with Gasteiger partial charge in [0.25, 0.3) is 0 Å². The third kappa shape index (κ3) is 2.90. The van der Waals surface area contributed by atoms with E-state index in [0.717, 1.165) is 27.5 Å². The van der Waals surface area contributed by atoms with Crippen molar-refractivity contribution in [3.63, 3.8) is 0 Å². The summed E-state index contributed by atoms with van der Waals surface area (Å²) in [5.41, 5.74) is 2.68. The summed E-state index contributed by atoms with van der Waals surface area (Å²) in [5.74, 6) is 0.522. The lowest BCUT2D eigenvalue weighted by Crippen LogP contribution is -2.07. The molecule has 124 valence electrons. The van der Waals surface area contributed by atoms with E-state index in [1.165, 1.54) is 13.2 Å². The number of nitrogens with zero attached hydrogens (tertiary/aromatic N) is 1. The summed E-state index contributed by atoms with van der Waals surface area (Å²) in [6, 6.07) is 10.8. The van der Waals surface area contributed by atoms with Gasteiger partial charge in [-0.2, -0.15) is 0 Å². The Morgan fingerprint density at radius 2 is 2.08 bits per heavy atom. The number of aryl methyl sites for hydroxylation is 1. The van der Waals surface area contributed by atoms with Crippen LogP contribution in [0.4, 0.5) is 10.2 Å². The molecule has 0 aliphatic heterocycles. The van der Waals surface area contributed by atoms with E-state index in [-0.39, 0.29) is 12.4 Å². The van der Waals surface area contributed by atoms with Crippen molar-refractivity contribution < 1.29 is 14.2 Å². The molecule has 24 heavy (non-hydrogen) atoms. The second-order valence-electron chi connectivity index (χ2n) is 5.52. The van der Waals surface area contributed by atoms with Crippen LogP contribution < -0.4 is 10.1 Å². The van der Waals surface area contributed by atoms with E-state index in [0.29, 0.717) is 12.4 Å². The van der Waals surface area contributed by atoms with Crippen LogP contribution in [-0.4, -0.2) is 30.4 Å². The zero-order valence-electron chi connectivity index (χ0n) is 13.6. The van der Waals surface area contributed by atoms with E-state index in [1.807, 2.05) is 31.2 Å². The third-order valence-electron chi connectivity index (χ3n) is 3.99. The largest absolute Gasteiger partial charge is 0.494 e. The van der Waals surface area contributed by atoms with E-state index in [4.69, 9.17) is 9.84 Å². The lowest BCUT2D eigenvalue weighted by Gasteiger charge is -2.14. The topological polar surface area (TPSA) is 54.4 Å². The van der Waals surface area contributed by atoms with Crippen LogP contribution in [0.25, 0.3) is 21.9 Å². The van der Waals surface area contributed by atoms with Crippen LogP contribution in [0.5, 0.6) is 5.75 Å². The van der Waals surface area contributed by atoms with Crippen LogP contribution >= 0.6 is 0 Å². The minimum Gasteiger partial charge on any atom is -0.494 e. The van der Waals surface area contributed by atoms with E-state index in [1.54, 1.807) is 12.3 Å². The van der Waals surface area contributed by atoms with Crippen LogP contribution in [0.1, 0.15) is 5.56 Å². The zero-order valence-corrected chi connectivity index (χ0v) is 13.6. The number of ether oxygens (including phenoxy) is 1. The maximum atomic E-state index is 14.1. The molecule has 5 heteroatoms. The van der Waals surface area contributed by atoms with Crippen LogP contribution in [-0.2, 0) is 0 Å². The molecule has 0 amide bonds. The number of hydrogen-bond acceptors (Lipinski definition) is 4. The molecule has 0 unspecified atom stereocenters. The van der Waals surface area contributed by atoms with E-state index in [9.17, 15) is 4.39 Å². The lowest BCUT2D eigenvalue weighted by molar-refractivity contribution is 0.311. The molecule has 0 spiro atoms. The number of halogens is 1. The molecule has 3 rings (SSSR count). The molecule has 1 heterocycles. The molecule has 4 nitrogen and oxygen atoms in total. The van der Waals surface area contributed by atoms with Crippen molar-refractivity contribution in [3.8, 4) is 16.9 Å². The van der Waals surface area contributed by atoms with Crippen molar-refractivity contribution in [2.75, 3.05) is 25.6 Å². The Kier molecular flexibility index (Phi) is 4.62. The molecule has 1 aromatic heterocycles. The van der Waals surface area contributed by atoms with Crippen LogP contribution in [0.15, 0.2) is 42.6 Å². The van der Waals surface area contributed by atoms with Crippen molar-refractivity contribution in [3.05, 3.63) is 54.0 Å². The van der Waals surface area contributed by atoms with Gasteiger partial charge in [-0.15, -0.1) is 0 Å². The van der Waals surface area contributed by atoms with Crippen molar-refractivity contribution >= 4 is 16.6 Å². The van der Waals surface area contributed by atoms with Gasteiger partial charge in [0.15, 0.2) is 11.6 Å². The van der Waals surface area contributed by atoms with Crippen molar-refractivity contribution in [1.82, 2.24) is 4.98 Å². The Balaban J connectivity index is 2.20. The highest BCUT2D eigenvalue weighted by atomic mass is 19.1. The van der Waals surface area contributed by atoms with Gasteiger partial charge in [-0.25, -0.2) is 9.37 Å². The van der Waals surface area contributed by atoms with Gasteiger partial charge >= 0.3 is 0 Å². The highest BCUT2D eigenvalue weighted by Crippen LogP contribution is 2.35. The molecular formula is C19H19FN2O2. The number of aromatic nitrogens is 1. The van der Waals surface area contributed by atoms with Gasteiger partial charge in [-0.3, -0.25) is 0 Å². The number of anilines is 1. The van der Waals surface area contributed by atoms with E-state index in [2.05, 4.69) is 10.3 Å². The first-order valence-electron chi connectivity index (χ1n) is 7.72. The highest BCUT2D eigenvalue weighted by molar-refractivity contribution is 6.03. The number of hydrogen-bond donors (Lipinski definition) is 2. The summed E-state index contributed by atoms with van der Waals surface area (Å²) in [7, 11) is 1.45. The normalized spacial score (nSPS) is 10.8. The first-order chi connectivity index (χ1) is 11.7. The van der Waals surface area contributed by atoms with Gasteiger partial charge in [0.2, 0.25) is 0 Å². The van der Waals surface area contributed by atoms with Crippen molar-refractivity contribution in [2.24, 2.45) is 0 Å². The monoisotopic (exact) mass is 326 g/mol. The predicted molar refractivity (Wildman–Crippen MR) is 94.0 cm³/mol. The summed E-state index contributed by atoms with van der Waals surface area (Å²) in [5, 5.41) is 14.1. The second kappa shape index (κ2) is 6.84. The molecule has 0 fully saturated rings. The molecule has 2 aromatic carbocycles. The van der Waals surface area contributed by atoms with Gasteiger partial charge < -0.3 is 15.2 Å². The Labute approximate surface area is 139 Å². The standard InChI is InChI=1S/C19H19FN2O2/c1-12-4-3-5-14-18(12)15(11-22-19(14)21-8-9-23)13-6-7-17(24-2)16(20)10-13/h3-7,10-11,23H,8-9H2,1-2H3,(H,21,22). The van der Waals surface area contributed by atoms with Gasteiger partial charge in [-0.05, 0) is 35.6 Å². The second-order valence-corrected chi connectivity index (χ2v) is 5.52. The molecule has 0 atom stereocenters. The van der Waals surface area contributed by atoms with Gasteiger partial charge in [-0.1, -0.05) is 24.3 Å². The minimum absolute atomic E-state index is 0.0282. The number of pyridine rings is 1. The number of benzene rings is 2. The molecule has 0 saturated carbocycles. The number of methoxy groups -OCH3 is 1. The summed E-state index contributed by atoms with van der Waals surface area (Å²) in [6.45, 7) is 2.47.